The van der Waals surface area contributed by atoms with Gasteiger partial charge in [-0.15, -0.1) is 0 Å². The van der Waals surface area contributed by atoms with Gasteiger partial charge in [0.25, 0.3) is 0 Å². The Bertz CT molecular complexity index is 331. The molecule has 0 radical (unpaired) electrons. The number of hydrogen-bond acceptors (Lipinski definition) is 4. The first-order valence-electron chi connectivity index (χ1n) is 5.87. The van der Waals surface area contributed by atoms with Crippen LogP contribution in [0.5, 0.6) is 0 Å². The van der Waals surface area contributed by atoms with Crippen molar-refractivity contribution in [2.45, 2.75) is 45.1 Å². The lowest BCUT2D eigenvalue weighted by Crippen LogP contribution is -2.37. The maximum atomic E-state index is 11.8. The number of ketones is 1. The molecule has 0 bridgehead atoms. The summed E-state index contributed by atoms with van der Waals surface area (Å²) in [6, 6.07) is -0.853. The number of carbonyl (C=O) groups is 1. The molecule has 0 saturated heterocycles. The fourth-order valence-electron chi connectivity index (χ4n) is 2.17. The second-order valence-electron chi connectivity index (χ2n) is 4.80. The van der Waals surface area contributed by atoms with Crippen molar-refractivity contribution >= 4 is 15.6 Å². The molecule has 0 spiro atoms. The van der Waals surface area contributed by atoms with Gasteiger partial charge in [0.15, 0.2) is 9.84 Å². The van der Waals surface area contributed by atoms with Crippen LogP contribution in [-0.4, -0.2) is 31.7 Å². The van der Waals surface area contributed by atoms with E-state index in [1.807, 2.05) is 0 Å². The van der Waals surface area contributed by atoms with Crippen molar-refractivity contribution in [3.63, 3.8) is 0 Å². The summed E-state index contributed by atoms with van der Waals surface area (Å²) < 4.78 is 23.6. The fraction of sp³-hybridized carbons (Fsp3) is 0.909. The molecular formula is C11H21NO3S. The Hall–Kier alpha value is -0.420. The number of hydrogen-bond donors (Lipinski definition) is 1. The largest absolute Gasteiger partial charge is 0.321 e. The highest BCUT2D eigenvalue weighted by Gasteiger charge is 2.24. The zero-order valence-corrected chi connectivity index (χ0v) is 10.6. The van der Waals surface area contributed by atoms with Gasteiger partial charge in [0, 0.05) is 0 Å². The second-order valence-corrected chi connectivity index (χ2v) is 6.95. The SMILES string of the molecule is CC(=O)[C@@H](N)CS(=O)(=O)CC1CCCCC1. The molecule has 94 valence electrons. The summed E-state index contributed by atoms with van der Waals surface area (Å²) in [5.74, 6) is 0.0254. The van der Waals surface area contributed by atoms with Gasteiger partial charge >= 0.3 is 0 Å². The molecular weight excluding hydrogens is 226 g/mol. The molecule has 4 nitrogen and oxygen atoms in total. The van der Waals surface area contributed by atoms with Crippen LogP contribution >= 0.6 is 0 Å². The lowest BCUT2D eigenvalue weighted by Gasteiger charge is -2.21. The van der Waals surface area contributed by atoms with Crippen molar-refractivity contribution in [3.8, 4) is 0 Å². The summed E-state index contributed by atoms with van der Waals surface area (Å²) in [5, 5.41) is 0. The minimum absolute atomic E-state index is 0.196. The van der Waals surface area contributed by atoms with Crippen LogP contribution in [0.15, 0.2) is 0 Å². The van der Waals surface area contributed by atoms with E-state index in [0.717, 1.165) is 25.7 Å². The van der Waals surface area contributed by atoms with Crippen LogP contribution in [0.2, 0.25) is 0 Å². The first kappa shape index (κ1) is 13.6. The molecule has 1 saturated carbocycles. The van der Waals surface area contributed by atoms with Gasteiger partial charge in [-0.2, -0.15) is 0 Å². The van der Waals surface area contributed by atoms with Gasteiger partial charge in [-0.05, 0) is 25.7 Å². The molecule has 0 unspecified atom stereocenters. The topological polar surface area (TPSA) is 77.2 Å². The van der Waals surface area contributed by atoms with Gasteiger partial charge in [0.05, 0.1) is 17.5 Å². The molecule has 1 rings (SSSR count). The van der Waals surface area contributed by atoms with E-state index in [2.05, 4.69) is 0 Å². The summed E-state index contributed by atoms with van der Waals surface area (Å²) in [6.07, 6.45) is 5.45. The van der Waals surface area contributed by atoms with E-state index in [0.29, 0.717) is 0 Å². The van der Waals surface area contributed by atoms with Gasteiger partial charge in [-0.1, -0.05) is 19.3 Å². The van der Waals surface area contributed by atoms with Crippen molar-refractivity contribution < 1.29 is 13.2 Å². The average molecular weight is 247 g/mol. The van der Waals surface area contributed by atoms with E-state index in [1.54, 1.807) is 0 Å². The number of Topliss-reactive ketones (excluding diaryl/α,β-unsaturated/α-hetero) is 1. The molecule has 0 aromatic rings. The van der Waals surface area contributed by atoms with Crippen LogP contribution in [0, 0.1) is 5.92 Å². The standard InChI is InChI=1S/C11H21NO3S/c1-9(13)11(12)8-16(14,15)7-10-5-3-2-4-6-10/h10-11H,2-8,12H2,1H3/t11-/m0/s1. The third-order valence-electron chi connectivity index (χ3n) is 3.17. The van der Waals surface area contributed by atoms with Gasteiger partial charge in [-0.25, -0.2) is 8.42 Å². The van der Waals surface area contributed by atoms with Crippen molar-refractivity contribution in [1.82, 2.24) is 0 Å². The smallest absolute Gasteiger partial charge is 0.152 e. The van der Waals surface area contributed by atoms with Gasteiger partial charge < -0.3 is 5.73 Å². The molecule has 0 aromatic carbocycles. The number of carbonyl (C=O) groups excluding carboxylic acids is 1. The van der Waals surface area contributed by atoms with Crippen molar-refractivity contribution in [3.05, 3.63) is 0 Å². The maximum Gasteiger partial charge on any atom is 0.152 e. The minimum atomic E-state index is -3.17. The van der Waals surface area contributed by atoms with Gasteiger partial charge in [0.1, 0.15) is 5.78 Å². The van der Waals surface area contributed by atoms with Crippen LogP contribution in [0.3, 0.4) is 0 Å². The quantitative estimate of drug-likeness (QED) is 0.783. The normalized spacial score (nSPS) is 20.6. The van der Waals surface area contributed by atoms with E-state index in [4.69, 9.17) is 5.73 Å². The Kier molecular flexibility index (Phi) is 4.92. The van der Waals surface area contributed by atoms with Crippen molar-refractivity contribution in [2.75, 3.05) is 11.5 Å². The van der Waals surface area contributed by atoms with Crippen LogP contribution in [-0.2, 0) is 14.6 Å². The average Bonchev–Trinajstić information content (AvgIpc) is 2.17. The lowest BCUT2D eigenvalue weighted by atomic mass is 9.91. The van der Waals surface area contributed by atoms with E-state index in [1.165, 1.54) is 13.3 Å². The van der Waals surface area contributed by atoms with Crippen LogP contribution in [0.1, 0.15) is 39.0 Å². The van der Waals surface area contributed by atoms with Crippen LogP contribution in [0.4, 0.5) is 0 Å². The predicted molar refractivity (Wildman–Crippen MR) is 63.9 cm³/mol. The van der Waals surface area contributed by atoms with Crippen LogP contribution < -0.4 is 5.73 Å². The van der Waals surface area contributed by atoms with Gasteiger partial charge in [-0.3, -0.25) is 4.79 Å². The summed E-state index contributed by atoms with van der Waals surface area (Å²) in [7, 11) is -3.17. The molecule has 5 heteroatoms. The Balaban J connectivity index is 2.47. The molecule has 0 aromatic heterocycles. The predicted octanol–water partition coefficient (Wildman–Crippen LogP) is 0.898. The first-order chi connectivity index (χ1) is 7.41. The Morgan fingerprint density at radius 1 is 1.31 bits per heavy atom. The zero-order chi connectivity index (χ0) is 12.2. The van der Waals surface area contributed by atoms with Crippen molar-refractivity contribution in [1.29, 1.82) is 0 Å². The van der Waals surface area contributed by atoms with Crippen LogP contribution in [0.25, 0.3) is 0 Å². The highest BCUT2D eigenvalue weighted by Crippen LogP contribution is 2.25. The molecule has 0 heterocycles. The third kappa shape index (κ3) is 4.61. The highest BCUT2D eigenvalue weighted by molar-refractivity contribution is 7.91. The van der Waals surface area contributed by atoms with E-state index >= 15 is 0 Å². The monoisotopic (exact) mass is 247 g/mol. The summed E-state index contributed by atoms with van der Waals surface area (Å²) in [5.41, 5.74) is 5.48. The molecule has 1 fully saturated rings. The first-order valence-corrected chi connectivity index (χ1v) is 7.69. The molecule has 1 atom stereocenters. The minimum Gasteiger partial charge on any atom is -0.321 e. The summed E-state index contributed by atoms with van der Waals surface area (Å²) in [6.45, 7) is 1.33. The van der Waals surface area contributed by atoms with Gasteiger partial charge in [0.2, 0.25) is 0 Å². The number of sulfone groups is 1. The Labute approximate surface area is 97.5 Å². The third-order valence-corrected chi connectivity index (χ3v) is 5.02. The zero-order valence-electron chi connectivity index (χ0n) is 9.81. The lowest BCUT2D eigenvalue weighted by molar-refractivity contribution is -0.117. The maximum absolute atomic E-state index is 11.8. The summed E-state index contributed by atoms with van der Waals surface area (Å²) in [4.78, 5) is 10.9. The van der Waals surface area contributed by atoms with E-state index < -0.39 is 15.9 Å². The Morgan fingerprint density at radius 2 is 1.88 bits per heavy atom. The molecule has 2 N–H and O–H groups in total. The summed E-state index contributed by atoms with van der Waals surface area (Å²) >= 11 is 0. The molecule has 0 aliphatic heterocycles. The molecule has 1 aliphatic rings. The molecule has 16 heavy (non-hydrogen) atoms. The Morgan fingerprint density at radius 3 is 2.38 bits per heavy atom. The molecule has 0 amide bonds. The van der Waals surface area contributed by atoms with Crippen molar-refractivity contribution in [2.24, 2.45) is 11.7 Å². The number of nitrogens with two attached hydrogens (primary N) is 1. The molecule has 1 aliphatic carbocycles. The van der Waals surface area contributed by atoms with E-state index in [-0.39, 0.29) is 23.2 Å². The highest BCUT2D eigenvalue weighted by atomic mass is 32.2. The van der Waals surface area contributed by atoms with E-state index in [9.17, 15) is 13.2 Å². The second kappa shape index (κ2) is 5.77. The fourth-order valence-corrected chi connectivity index (χ4v) is 4.14. The number of rotatable bonds is 5.